The van der Waals surface area contributed by atoms with Gasteiger partial charge in [-0.1, -0.05) is 84.0 Å². The molecule has 0 unspecified atom stereocenters. The van der Waals surface area contributed by atoms with Crippen molar-refractivity contribution in [3.63, 3.8) is 0 Å². The van der Waals surface area contributed by atoms with E-state index in [9.17, 15) is 10.1 Å². The number of thioether (sulfide) groups is 1. The molecule has 1 aliphatic heterocycles. The van der Waals surface area contributed by atoms with Gasteiger partial charge in [-0.25, -0.2) is 4.98 Å². The highest BCUT2D eigenvalue weighted by Crippen LogP contribution is 2.50. The quantitative estimate of drug-likeness (QED) is 0.321. The third-order valence-corrected chi connectivity index (χ3v) is 8.07. The zero-order chi connectivity index (χ0) is 24.4. The van der Waals surface area contributed by atoms with Crippen molar-refractivity contribution in [2.45, 2.75) is 5.92 Å². The molecule has 8 heteroatoms. The standard InChI is InChI=1S/C27H19ClN4OS2/c28-19-11-5-4-10-17(19)23-18(14-29)26(34-15-22(30)33)32-25(16-8-2-1-3-9-16)24(23)27-31-20-12-6-7-13-21(20)35-27/h1-13,23,32H,15H2,(H2,30,33)/t23-/m1/s1. The number of hydrogen-bond acceptors (Lipinski definition) is 6. The average molecular weight is 515 g/mol. The first-order valence-corrected chi connectivity index (χ1v) is 13.0. The van der Waals surface area contributed by atoms with Gasteiger partial charge in [-0.15, -0.1) is 11.3 Å². The number of dihydropyridines is 1. The predicted molar refractivity (Wildman–Crippen MR) is 144 cm³/mol. The Morgan fingerprint density at radius 1 is 1.09 bits per heavy atom. The molecule has 1 aliphatic rings. The average Bonchev–Trinajstić information content (AvgIpc) is 3.31. The number of thiazole rings is 1. The van der Waals surface area contributed by atoms with E-state index in [1.165, 1.54) is 11.8 Å². The maximum Gasteiger partial charge on any atom is 0.227 e. The Balaban J connectivity index is 1.82. The monoisotopic (exact) mass is 514 g/mol. The van der Waals surface area contributed by atoms with Crippen LogP contribution in [0, 0.1) is 11.3 Å². The van der Waals surface area contributed by atoms with Gasteiger partial charge in [0.15, 0.2) is 0 Å². The molecule has 3 N–H and O–H groups in total. The van der Waals surface area contributed by atoms with Gasteiger partial charge in [-0.3, -0.25) is 4.79 Å². The summed E-state index contributed by atoms with van der Waals surface area (Å²) in [7, 11) is 0. The summed E-state index contributed by atoms with van der Waals surface area (Å²) in [4.78, 5) is 16.6. The van der Waals surface area contributed by atoms with Gasteiger partial charge < -0.3 is 11.1 Å². The fourth-order valence-electron chi connectivity index (χ4n) is 4.11. The van der Waals surface area contributed by atoms with Gasteiger partial charge in [0, 0.05) is 10.6 Å². The van der Waals surface area contributed by atoms with Crippen LogP contribution in [0.2, 0.25) is 5.02 Å². The van der Waals surface area contributed by atoms with Crippen LogP contribution >= 0.6 is 34.7 Å². The number of hydrogen-bond donors (Lipinski definition) is 2. The van der Waals surface area contributed by atoms with Crippen LogP contribution in [0.3, 0.4) is 0 Å². The van der Waals surface area contributed by atoms with Crippen LogP contribution in [-0.4, -0.2) is 16.6 Å². The van der Waals surface area contributed by atoms with Crippen molar-refractivity contribution < 1.29 is 4.79 Å². The number of nitriles is 1. The SMILES string of the molecule is N#CC1=C(SCC(N)=O)NC(c2ccccc2)=C(c2nc3ccccc3s2)[C@@H]1c1ccccc1Cl. The van der Waals surface area contributed by atoms with E-state index in [0.29, 0.717) is 15.6 Å². The van der Waals surface area contributed by atoms with Crippen LogP contribution < -0.4 is 11.1 Å². The van der Waals surface area contributed by atoms with Crippen molar-refractivity contribution in [3.8, 4) is 6.07 Å². The number of rotatable bonds is 6. The Kier molecular flexibility index (Phi) is 6.60. The third kappa shape index (κ3) is 4.56. The topological polar surface area (TPSA) is 91.8 Å². The Morgan fingerprint density at radius 3 is 2.51 bits per heavy atom. The molecule has 1 atom stereocenters. The summed E-state index contributed by atoms with van der Waals surface area (Å²) in [6, 6.07) is 27.8. The molecular weight excluding hydrogens is 496 g/mol. The van der Waals surface area contributed by atoms with E-state index in [1.807, 2.05) is 78.9 Å². The van der Waals surface area contributed by atoms with Crippen molar-refractivity contribution in [2.24, 2.45) is 5.73 Å². The summed E-state index contributed by atoms with van der Waals surface area (Å²) in [6.45, 7) is 0. The van der Waals surface area contributed by atoms with Gasteiger partial charge >= 0.3 is 0 Å². The molecule has 172 valence electrons. The molecule has 35 heavy (non-hydrogen) atoms. The minimum atomic E-state index is -0.485. The number of amides is 1. The molecule has 4 aromatic rings. The minimum absolute atomic E-state index is 0.0430. The number of nitrogens with two attached hydrogens (primary N) is 1. The Hall–Kier alpha value is -3.57. The number of carbonyl (C=O) groups is 1. The van der Waals surface area contributed by atoms with E-state index in [-0.39, 0.29) is 5.75 Å². The van der Waals surface area contributed by atoms with Gasteiger partial charge in [0.05, 0.1) is 44.3 Å². The van der Waals surface area contributed by atoms with Gasteiger partial charge in [0.2, 0.25) is 5.91 Å². The number of benzene rings is 3. The predicted octanol–water partition coefficient (Wildman–Crippen LogP) is 6.16. The van der Waals surface area contributed by atoms with Crippen LogP contribution in [0.1, 0.15) is 22.1 Å². The molecule has 1 aromatic heterocycles. The summed E-state index contributed by atoms with van der Waals surface area (Å²) in [6.07, 6.45) is 0. The summed E-state index contributed by atoms with van der Waals surface area (Å²) in [5, 5.41) is 15.7. The Morgan fingerprint density at radius 2 is 1.80 bits per heavy atom. The van der Waals surface area contributed by atoms with Crippen molar-refractivity contribution in [2.75, 3.05) is 5.75 Å². The van der Waals surface area contributed by atoms with Gasteiger partial charge in [-0.2, -0.15) is 5.26 Å². The number of fused-ring (bicyclic) bond motifs is 1. The molecule has 3 aromatic carbocycles. The number of para-hydroxylation sites is 1. The first-order chi connectivity index (χ1) is 17.1. The highest BCUT2D eigenvalue weighted by molar-refractivity contribution is 8.03. The molecule has 0 saturated heterocycles. The molecule has 5 nitrogen and oxygen atoms in total. The van der Waals surface area contributed by atoms with Crippen LogP contribution in [0.5, 0.6) is 0 Å². The summed E-state index contributed by atoms with van der Waals surface area (Å²) in [5.41, 5.74) is 10.2. The van der Waals surface area contributed by atoms with Gasteiger partial charge in [-0.05, 0) is 29.3 Å². The zero-order valence-electron chi connectivity index (χ0n) is 18.4. The fourth-order valence-corrected chi connectivity index (χ4v) is 6.18. The molecule has 5 rings (SSSR count). The molecule has 1 amide bonds. The zero-order valence-corrected chi connectivity index (χ0v) is 20.8. The van der Waals surface area contributed by atoms with E-state index < -0.39 is 11.8 Å². The molecular formula is C27H19ClN4OS2. The van der Waals surface area contributed by atoms with Crippen LogP contribution in [-0.2, 0) is 4.79 Å². The number of nitrogens with zero attached hydrogens (tertiary/aromatic N) is 2. The van der Waals surface area contributed by atoms with E-state index >= 15 is 0 Å². The smallest absolute Gasteiger partial charge is 0.227 e. The third-order valence-electron chi connectivity index (χ3n) is 5.61. The van der Waals surface area contributed by atoms with Crippen molar-refractivity contribution in [1.82, 2.24) is 10.3 Å². The number of primary amides is 1. The second-order valence-corrected chi connectivity index (χ2v) is 10.3. The van der Waals surface area contributed by atoms with E-state index in [1.54, 1.807) is 11.3 Å². The number of allylic oxidation sites excluding steroid dienone is 2. The van der Waals surface area contributed by atoms with Crippen LogP contribution in [0.25, 0.3) is 21.5 Å². The summed E-state index contributed by atoms with van der Waals surface area (Å²) < 4.78 is 1.05. The van der Waals surface area contributed by atoms with Crippen molar-refractivity contribution in [1.29, 1.82) is 5.26 Å². The highest BCUT2D eigenvalue weighted by Gasteiger charge is 2.36. The molecule has 0 bridgehead atoms. The number of aromatic nitrogens is 1. The summed E-state index contributed by atoms with van der Waals surface area (Å²) >= 11 is 9.50. The maximum atomic E-state index is 11.6. The molecule has 0 fully saturated rings. The molecule has 0 aliphatic carbocycles. The molecule has 2 heterocycles. The lowest BCUT2D eigenvalue weighted by atomic mass is 9.81. The first-order valence-electron chi connectivity index (χ1n) is 10.8. The van der Waals surface area contributed by atoms with Crippen LogP contribution in [0.4, 0.5) is 0 Å². The fraction of sp³-hybridized carbons (Fsp3) is 0.0741. The summed E-state index contributed by atoms with van der Waals surface area (Å²) in [5.74, 6) is -0.902. The Labute approximate surface area is 215 Å². The number of nitrogens with one attached hydrogen (secondary N) is 1. The van der Waals surface area contributed by atoms with Crippen molar-refractivity contribution >= 4 is 62.1 Å². The minimum Gasteiger partial charge on any atom is -0.369 e. The molecule has 0 radical (unpaired) electrons. The van der Waals surface area contributed by atoms with E-state index in [4.69, 9.17) is 22.3 Å². The van der Waals surface area contributed by atoms with E-state index in [0.717, 1.165) is 37.6 Å². The highest BCUT2D eigenvalue weighted by atomic mass is 35.5. The van der Waals surface area contributed by atoms with Crippen molar-refractivity contribution in [3.05, 3.63) is 111 Å². The van der Waals surface area contributed by atoms with Gasteiger partial charge in [0.1, 0.15) is 5.01 Å². The lowest BCUT2D eigenvalue weighted by Crippen LogP contribution is -2.25. The normalized spacial score (nSPS) is 15.7. The second-order valence-electron chi connectivity index (χ2n) is 7.83. The number of halogens is 1. The lowest BCUT2D eigenvalue weighted by Gasteiger charge is -2.31. The van der Waals surface area contributed by atoms with Crippen LogP contribution in [0.15, 0.2) is 89.5 Å². The Bertz CT molecular complexity index is 1500. The second kappa shape index (κ2) is 9.96. The number of carbonyl (C=O) groups excluding carboxylic acids is 1. The molecule has 0 saturated carbocycles. The lowest BCUT2D eigenvalue weighted by molar-refractivity contribution is -0.115. The van der Waals surface area contributed by atoms with Gasteiger partial charge in [0.25, 0.3) is 0 Å². The van der Waals surface area contributed by atoms with E-state index in [2.05, 4.69) is 11.4 Å². The largest absolute Gasteiger partial charge is 0.369 e. The molecule has 0 spiro atoms. The maximum absolute atomic E-state index is 11.6. The first kappa shape index (κ1) is 23.2.